The molecule has 0 unspecified atom stereocenters. The number of hydrogen-bond acceptors (Lipinski definition) is 3. The molecule has 5 N–H and O–H groups in total. The van der Waals surface area contributed by atoms with Crippen LogP contribution in [-0.2, 0) is 10.2 Å². The lowest BCUT2D eigenvalue weighted by Gasteiger charge is -2.10. The maximum absolute atomic E-state index is 11.2. The summed E-state index contributed by atoms with van der Waals surface area (Å²) < 4.78 is 27.3. The predicted molar refractivity (Wildman–Crippen MR) is 61.0 cm³/mol. The number of nitrogens with two attached hydrogens (primary N) is 1. The summed E-state index contributed by atoms with van der Waals surface area (Å²) in [4.78, 5) is 0. The highest BCUT2D eigenvalue weighted by atomic mass is 32.2. The van der Waals surface area contributed by atoms with Gasteiger partial charge in [0.25, 0.3) is 10.2 Å². The van der Waals surface area contributed by atoms with Gasteiger partial charge in [-0.05, 0) is 26.7 Å². The van der Waals surface area contributed by atoms with Gasteiger partial charge in [-0.2, -0.15) is 13.1 Å². The van der Waals surface area contributed by atoms with Crippen molar-refractivity contribution in [3.8, 4) is 0 Å². The molecule has 0 saturated heterocycles. The third kappa shape index (κ3) is 9.64. The normalized spacial score (nSPS) is 11.9. The predicted octanol–water partition coefficient (Wildman–Crippen LogP) is -0.0749. The Labute approximate surface area is 91.3 Å². The van der Waals surface area contributed by atoms with Gasteiger partial charge in [0.05, 0.1) is 5.84 Å². The molecule has 0 aliphatic heterocycles. The third-order valence-corrected chi connectivity index (χ3v) is 2.92. The van der Waals surface area contributed by atoms with E-state index in [1.165, 1.54) is 0 Å². The zero-order chi connectivity index (χ0) is 11.9. The average molecular weight is 236 g/mol. The van der Waals surface area contributed by atoms with Gasteiger partial charge in [-0.3, -0.25) is 5.41 Å². The Kier molecular flexibility index (Phi) is 6.46. The molecular weight excluding hydrogens is 216 g/mol. The molecule has 0 radical (unpaired) electrons. The van der Waals surface area contributed by atoms with Crippen LogP contribution in [-0.4, -0.2) is 26.8 Å². The standard InChI is InChI=1S/C8H20N4O2S/c1-7(2)12-15(13,14)11-6-4-3-5-8(9)10/h7,11-12H,3-6H2,1-2H3,(H3,9,10). The first-order chi connectivity index (χ1) is 6.83. The second-order valence-corrected chi connectivity index (χ2v) is 5.18. The van der Waals surface area contributed by atoms with Gasteiger partial charge < -0.3 is 5.73 Å². The molecule has 0 aliphatic carbocycles. The van der Waals surface area contributed by atoms with Crippen molar-refractivity contribution in [2.75, 3.05) is 6.54 Å². The van der Waals surface area contributed by atoms with E-state index in [0.29, 0.717) is 19.4 Å². The van der Waals surface area contributed by atoms with Crippen LogP contribution in [0.15, 0.2) is 0 Å². The van der Waals surface area contributed by atoms with Crippen molar-refractivity contribution in [1.82, 2.24) is 9.44 Å². The summed E-state index contributed by atoms with van der Waals surface area (Å²) in [5.74, 6) is 0.137. The van der Waals surface area contributed by atoms with Gasteiger partial charge in [0.1, 0.15) is 0 Å². The minimum Gasteiger partial charge on any atom is -0.388 e. The fourth-order valence-corrected chi connectivity index (χ4v) is 2.12. The van der Waals surface area contributed by atoms with Crippen molar-refractivity contribution in [3.05, 3.63) is 0 Å². The van der Waals surface area contributed by atoms with Gasteiger partial charge >= 0.3 is 0 Å². The van der Waals surface area contributed by atoms with E-state index < -0.39 is 10.2 Å². The van der Waals surface area contributed by atoms with E-state index in [4.69, 9.17) is 11.1 Å². The Morgan fingerprint density at radius 1 is 1.40 bits per heavy atom. The van der Waals surface area contributed by atoms with E-state index in [-0.39, 0.29) is 11.9 Å². The molecule has 0 fully saturated rings. The molecule has 0 bridgehead atoms. The average Bonchev–Trinajstić information content (AvgIpc) is 1.99. The molecule has 0 aromatic carbocycles. The fourth-order valence-electron chi connectivity index (χ4n) is 0.999. The highest BCUT2D eigenvalue weighted by Crippen LogP contribution is 1.93. The van der Waals surface area contributed by atoms with Crippen molar-refractivity contribution >= 4 is 16.0 Å². The second kappa shape index (κ2) is 6.76. The number of hydrogen-bond donors (Lipinski definition) is 4. The SMILES string of the molecule is CC(C)NS(=O)(=O)NCCCCC(=N)N. The summed E-state index contributed by atoms with van der Waals surface area (Å²) in [5.41, 5.74) is 5.16. The molecule has 0 amide bonds. The van der Waals surface area contributed by atoms with Gasteiger partial charge in [-0.15, -0.1) is 0 Å². The van der Waals surface area contributed by atoms with Gasteiger partial charge in [-0.25, -0.2) is 4.72 Å². The van der Waals surface area contributed by atoms with Gasteiger partial charge in [0.15, 0.2) is 0 Å². The lowest BCUT2D eigenvalue weighted by atomic mass is 10.2. The molecule has 0 heterocycles. The number of amidine groups is 1. The van der Waals surface area contributed by atoms with Crippen LogP contribution in [0, 0.1) is 5.41 Å². The van der Waals surface area contributed by atoms with Crippen LogP contribution in [0.1, 0.15) is 33.1 Å². The van der Waals surface area contributed by atoms with E-state index in [2.05, 4.69) is 9.44 Å². The topological polar surface area (TPSA) is 108 Å². The van der Waals surface area contributed by atoms with Crippen molar-refractivity contribution in [3.63, 3.8) is 0 Å². The zero-order valence-electron chi connectivity index (χ0n) is 9.21. The molecular formula is C8H20N4O2S. The minimum atomic E-state index is -3.37. The number of rotatable bonds is 8. The Bertz CT molecular complexity index is 287. The summed E-state index contributed by atoms with van der Waals surface area (Å²) in [5, 5.41) is 6.97. The molecule has 0 aromatic rings. The molecule has 0 atom stereocenters. The Morgan fingerprint density at radius 3 is 2.47 bits per heavy atom. The van der Waals surface area contributed by atoms with E-state index in [0.717, 1.165) is 6.42 Å². The summed E-state index contributed by atoms with van der Waals surface area (Å²) in [6, 6.07) is -0.111. The van der Waals surface area contributed by atoms with Crippen molar-refractivity contribution in [1.29, 1.82) is 5.41 Å². The zero-order valence-corrected chi connectivity index (χ0v) is 10.0. The maximum atomic E-state index is 11.2. The van der Waals surface area contributed by atoms with Crippen LogP contribution in [0.3, 0.4) is 0 Å². The Hall–Kier alpha value is -0.660. The molecule has 0 aromatic heterocycles. The first-order valence-electron chi connectivity index (χ1n) is 4.93. The van der Waals surface area contributed by atoms with Crippen molar-refractivity contribution in [2.45, 2.75) is 39.2 Å². The van der Waals surface area contributed by atoms with Crippen molar-refractivity contribution in [2.24, 2.45) is 5.73 Å². The molecule has 0 aliphatic rings. The van der Waals surface area contributed by atoms with E-state index in [1.807, 2.05) is 0 Å². The van der Waals surface area contributed by atoms with Crippen LogP contribution >= 0.6 is 0 Å². The Morgan fingerprint density at radius 2 is 2.00 bits per heavy atom. The first kappa shape index (κ1) is 14.3. The third-order valence-electron chi connectivity index (χ3n) is 1.56. The largest absolute Gasteiger partial charge is 0.388 e. The van der Waals surface area contributed by atoms with Crippen LogP contribution in [0.2, 0.25) is 0 Å². The molecule has 90 valence electrons. The molecule has 15 heavy (non-hydrogen) atoms. The van der Waals surface area contributed by atoms with Gasteiger partial charge in [-0.1, -0.05) is 0 Å². The van der Waals surface area contributed by atoms with E-state index >= 15 is 0 Å². The van der Waals surface area contributed by atoms with E-state index in [1.54, 1.807) is 13.8 Å². The highest BCUT2D eigenvalue weighted by Gasteiger charge is 2.09. The van der Waals surface area contributed by atoms with Crippen LogP contribution in [0.4, 0.5) is 0 Å². The molecule has 7 heteroatoms. The van der Waals surface area contributed by atoms with Gasteiger partial charge in [0, 0.05) is 19.0 Å². The summed E-state index contributed by atoms with van der Waals surface area (Å²) in [6.07, 6.45) is 1.91. The summed E-state index contributed by atoms with van der Waals surface area (Å²) in [6.45, 7) is 3.89. The lowest BCUT2D eigenvalue weighted by Crippen LogP contribution is -2.40. The maximum Gasteiger partial charge on any atom is 0.277 e. The molecule has 0 spiro atoms. The van der Waals surface area contributed by atoms with Crippen LogP contribution < -0.4 is 15.2 Å². The van der Waals surface area contributed by atoms with E-state index in [9.17, 15) is 8.42 Å². The van der Waals surface area contributed by atoms with Crippen LogP contribution in [0.5, 0.6) is 0 Å². The van der Waals surface area contributed by atoms with Crippen LogP contribution in [0.25, 0.3) is 0 Å². The van der Waals surface area contributed by atoms with Gasteiger partial charge in [0.2, 0.25) is 0 Å². The summed E-state index contributed by atoms with van der Waals surface area (Å²) in [7, 11) is -3.37. The lowest BCUT2D eigenvalue weighted by molar-refractivity contribution is 0.551. The second-order valence-electron chi connectivity index (χ2n) is 3.65. The summed E-state index contributed by atoms with van der Waals surface area (Å²) >= 11 is 0. The minimum absolute atomic E-state index is 0.111. The smallest absolute Gasteiger partial charge is 0.277 e. The molecule has 6 nitrogen and oxygen atoms in total. The first-order valence-corrected chi connectivity index (χ1v) is 6.41. The number of unbranched alkanes of at least 4 members (excludes halogenated alkanes) is 1. The fraction of sp³-hybridized carbons (Fsp3) is 0.875. The molecule has 0 rings (SSSR count). The highest BCUT2D eigenvalue weighted by molar-refractivity contribution is 7.87. The number of nitrogens with one attached hydrogen (secondary N) is 3. The Balaban J connectivity index is 3.62. The molecule has 0 saturated carbocycles. The van der Waals surface area contributed by atoms with Crippen molar-refractivity contribution < 1.29 is 8.42 Å². The quantitative estimate of drug-likeness (QED) is 0.269. The monoisotopic (exact) mass is 236 g/mol.